The van der Waals surface area contributed by atoms with Crippen LogP contribution in [0.1, 0.15) is 25.0 Å². The number of benzene rings is 10. The molecule has 0 atom stereocenters. The van der Waals surface area contributed by atoms with Gasteiger partial charge in [-0.15, -0.1) is 0 Å². The van der Waals surface area contributed by atoms with E-state index < -0.39 is 5.41 Å². The van der Waals surface area contributed by atoms with Crippen LogP contribution in [-0.4, -0.2) is 28.7 Å². The molecule has 15 rings (SSSR count). The van der Waals surface area contributed by atoms with Gasteiger partial charge in [0, 0.05) is 65.9 Å². The fourth-order valence-electron chi connectivity index (χ4n) is 11.9. The number of hydrogen-bond donors (Lipinski definition) is 0. The average Bonchev–Trinajstić information content (AvgIpc) is 4.13. The van der Waals surface area contributed by atoms with Gasteiger partial charge in [-0.05, 0) is 71.8 Å². The molecule has 1 aliphatic rings. The number of hydrogen-bond acceptors (Lipinski definition) is 4. The van der Waals surface area contributed by atoms with E-state index in [0.29, 0.717) is 17.6 Å². The van der Waals surface area contributed by atoms with Gasteiger partial charge in [0.2, 0.25) is 5.95 Å². The van der Waals surface area contributed by atoms with Crippen LogP contribution in [0.5, 0.6) is 0 Å². The van der Waals surface area contributed by atoms with Crippen molar-refractivity contribution in [2.45, 2.75) is 19.3 Å². The summed E-state index contributed by atoms with van der Waals surface area (Å²) in [5.41, 5.74) is 15.9. The van der Waals surface area contributed by atoms with Gasteiger partial charge in [-0.1, -0.05) is 190 Å². The third kappa shape index (κ3) is 6.09. The van der Waals surface area contributed by atoms with Crippen molar-refractivity contribution >= 4 is 82.7 Å². The van der Waals surface area contributed by atoms with Crippen molar-refractivity contribution in [2.75, 3.05) is 4.90 Å². The number of aromatic nitrogens is 6. The Morgan fingerprint density at radius 2 is 0.685 bits per heavy atom. The molecular formula is C66H45N7. The van der Waals surface area contributed by atoms with Crippen molar-refractivity contribution in [3.63, 3.8) is 0 Å². The van der Waals surface area contributed by atoms with E-state index >= 15 is 0 Å². The zero-order chi connectivity index (χ0) is 48.4. The summed E-state index contributed by atoms with van der Waals surface area (Å²) >= 11 is 0. The summed E-state index contributed by atoms with van der Waals surface area (Å²) in [7, 11) is 0. The van der Waals surface area contributed by atoms with Crippen LogP contribution in [0.2, 0.25) is 0 Å². The van der Waals surface area contributed by atoms with E-state index in [1.807, 2.05) is 36.4 Å². The van der Waals surface area contributed by atoms with E-state index in [1.54, 1.807) is 0 Å². The molecule has 1 aliphatic heterocycles. The van der Waals surface area contributed by atoms with Gasteiger partial charge in [0.05, 0.1) is 44.5 Å². The highest BCUT2D eigenvalue weighted by atomic mass is 15.3. The lowest BCUT2D eigenvalue weighted by atomic mass is 9.73. The lowest BCUT2D eigenvalue weighted by Crippen LogP contribution is -2.32. The molecule has 5 heterocycles. The summed E-state index contributed by atoms with van der Waals surface area (Å²) in [6, 6.07) is 84.9. The Balaban J connectivity index is 1.05. The van der Waals surface area contributed by atoms with Crippen LogP contribution in [-0.2, 0) is 5.41 Å². The lowest BCUT2D eigenvalue weighted by Gasteiger charge is -2.41. The van der Waals surface area contributed by atoms with Gasteiger partial charge in [-0.2, -0.15) is 9.97 Å². The van der Waals surface area contributed by atoms with Crippen molar-refractivity contribution in [3.8, 4) is 39.8 Å². The van der Waals surface area contributed by atoms with Crippen molar-refractivity contribution in [1.29, 1.82) is 0 Å². The zero-order valence-electron chi connectivity index (χ0n) is 40.1. The normalized spacial score (nSPS) is 13.2. The number of anilines is 3. The highest BCUT2D eigenvalue weighted by Crippen LogP contribution is 2.53. The maximum Gasteiger partial charge on any atom is 0.238 e. The first-order chi connectivity index (χ1) is 36.0. The summed E-state index contributed by atoms with van der Waals surface area (Å²) in [6.45, 7) is 4.70. The van der Waals surface area contributed by atoms with Crippen LogP contribution in [0, 0.1) is 0 Å². The molecule has 7 nitrogen and oxygen atoms in total. The average molecular weight is 936 g/mol. The van der Waals surface area contributed by atoms with E-state index in [0.717, 1.165) is 67.1 Å². The molecule has 344 valence electrons. The van der Waals surface area contributed by atoms with Gasteiger partial charge in [-0.3, -0.25) is 4.90 Å². The quantitative estimate of drug-likeness (QED) is 0.167. The minimum absolute atomic E-state index is 0.426. The molecule has 0 N–H and O–H groups in total. The number of nitrogens with zero attached hydrogens (tertiary/aromatic N) is 7. The molecule has 10 aromatic carbocycles. The molecule has 4 aromatic heterocycles. The Hall–Kier alpha value is -9.59. The van der Waals surface area contributed by atoms with Gasteiger partial charge in [0.25, 0.3) is 0 Å². The van der Waals surface area contributed by atoms with Crippen LogP contribution in [0.3, 0.4) is 0 Å². The molecule has 14 aromatic rings. The molecular weight excluding hydrogens is 891 g/mol. The van der Waals surface area contributed by atoms with E-state index in [2.05, 4.69) is 233 Å². The van der Waals surface area contributed by atoms with Gasteiger partial charge in [0.15, 0.2) is 11.6 Å². The van der Waals surface area contributed by atoms with E-state index in [4.69, 9.17) is 15.0 Å². The molecule has 0 saturated carbocycles. The van der Waals surface area contributed by atoms with Crippen LogP contribution < -0.4 is 4.90 Å². The number of rotatable bonds is 6. The molecule has 0 bridgehead atoms. The molecule has 0 saturated heterocycles. The van der Waals surface area contributed by atoms with E-state index in [1.165, 1.54) is 49.0 Å². The van der Waals surface area contributed by atoms with Crippen LogP contribution in [0.4, 0.5) is 17.3 Å². The van der Waals surface area contributed by atoms with Crippen molar-refractivity contribution < 1.29 is 0 Å². The standard InChI is InChI=1S/C66H45N7/c1-66(2)53-38-34-45(70-55-30-16-12-26-47(55)48-27-13-17-31-56(48)70)40-59(53)73(65-68-63(42-20-6-3-7-21-42)67-64(69-65)43-22-8-4-9-23-43)60-41-46(35-39-54(60)66)72-58-33-19-15-29-50(58)52-37-36-51-49-28-14-18-32-57(49)71(61(51)62(52)72)44-24-10-5-11-25-44/h3-41H,1-2H3. The minimum Gasteiger partial charge on any atom is -0.309 e. The molecule has 0 radical (unpaired) electrons. The smallest absolute Gasteiger partial charge is 0.238 e. The van der Waals surface area contributed by atoms with Gasteiger partial charge >= 0.3 is 0 Å². The predicted octanol–water partition coefficient (Wildman–Crippen LogP) is 16.6. The highest BCUT2D eigenvalue weighted by Gasteiger charge is 2.39. The Bertz CT molecular complexity index is 4420. The summed E-state index contributed by atoms with van der Waals surface area (Å²) < 4.78 is 7.33. The first-order valence-electron chi connectivity index (χ1n) is 25.0. The Labute approximate surface area is 421 Å². The SMILES string of the molecule is CC1(C)c2ccc(-n3c4ccccc4c4ccccc43)cc2N(c2nc(-c3ccccc3)nc(-c3ccccc3)n2)c2cc(-n3c4ccccc4c4ccc5c6ccccc6n(-c6ccccc6)c5c43)ccc21. The van der Waals surface area contributed by atoms with E-state index in [9.17, 15) is 0 Å². The third-order valence-corrected chi connectivity index (χ3v) is 15.3. The van der Waals surface area contributed by atoms with Gasteiger partial charge in [0.1, 0.15) is 0 Å². The monoisotopic (exact) mass is 935 g/mol. The second-order valence-electron chi connectivity index (χ2n) is 19.6. The largest absolute Gasteiger partial charge is 0.309 e. The molecule has 0 unspecified atom stereocenters. The third-order valence-electron chi connectivity index (χ3n) is 15.3. The Kier molecular flexibility index (Phi) is 8.87. The number of para-hydroxylation sites is 5. The highest BCUT2D eigenvalue weighted by molar-refractivity contribution is 6.24. The minimum atomic E-state index is -0.426. The second-order valence-corrected chi connectivity index (χ2v) is 19.6. The number of fused-ring (bicyclic) bond motifs is 12. The maximum absolute atomic E-state index is 5.48. The van der Waals surface area contributed by atoms with Gasteiger partial charge < -0.3 is 13.7 Å². The van der Waals surface area contributed by atoms with E-state index in [-0.39, 0.29) is 0 Å². The van der Waals surface area contributed by atoms with Crippen LogP contribution >= 0.6 is 0 Å². The Morgan fingerprint density at radius 3 is 1.15 bits per heavy atom. The second kappa shape index (κ2) is 15.7. The topological polar surface area (TPSA) is 56.7 Å². The molecule has 0 spiro atoms. The maximum atomic E-state index is 5.48. The summed E-state index contributed by atoms with van der Waals surface area (Å²) in [5, 5.41) is 7.23. The molecule has 0 amide bonds. The fourth-order valence-corrected chi connectivity index (χ4v) is 11.9. The van der Waals surface area contributed by atoms with Crippen molar-refractivity contribution in [2.24, 2.45) is 0 Å². The van der Waals surface area contributed by atoms with Crippen LogP contribution in [0.15, 0.2) is 237 Å². The first kappa shape index (κ1) is 41.2. The van der Waals surface area contributed by atoms with Crippen molar-refractivity contribution in [1.82, 2.24) is 28.7 Å². The molecule has 0 aliphatic carbocycles. The van der Waals surface area contributed by atoms with Crippen molar-refractivity contribution in [3.05, 3.63) is 248 Å². The van der Waals surface area contributed by atoms with Gasteiger partial charge in [-0.25, -0.2) is 4.98 Å². The summed E-state index contributed by atoms with van der Waals surface area (Å²) in [4.78, 5) is 18.5. The summed E-state index contributed by atoms with van der Waals surface area (Å²) in [6.07, 6.45) is 0. The molecule has 7 heteroatoms. The summed E-state index contributed by atoms with van der Waals surface area (Å²) in [5.74, 6) is 1.74. The fraction of sp³-hybridized carbons (Fsp3) is 0.0455. The van der Waals surface area contributed by atoms with Crippen LogP contribution in [0.25, 0.3) is 105 Å². The Morgan fingerprint density at radius 1 is 0.315 bits per heavy atom. The molecule has 0 fully saturated rings. The lowest BCUT2D eigenvalue weighted by molar-refractivity contribution is 0.630. The first-order valence-corrected chi connectivity index (χ1v) is 25.0. The molecule has 73 heavy (non-hydrogen) atoms. The zero-order valence-corrected chi connectivity index (χ0v) is 40.1. The predicted molar refractivity (Wildman–Crippen MR) is 301 cm³/mol.